The van der Waals surface area contributed by atoms with Crippen molar-refractivity contribution in [3.8, 4) is 11.3 Å². The highest BCUT2D eigenvalue weighted by Gasteiger charge is 2.56. The minimum absolute atomic E-state index is 0.0534. The third kappa shape index (κ3) is 2.93. The molecule has 152 valence electrons. The molecule has 1 heteroatoms. The second-order valence-electron chi connectivity index (χ2n) is 9.27. The van der Waals surface area contributed by atoms with Crippen molar-refractivity contribution in [3.05, 3.63) is 65.9 Å². The molecule has 0 saturated heterocycles. The Balaban J connectivity index is 2.03. The van der Waals surface area contributed by atoms with E-state index in [9.17, 15) is 0 Å². The lowest BCUT2D eigenvalue weighted by molar-refractivity contribution is -0.764. The zero-order valence-corrected chi connectivity index (χ0v) is 18.9. The van der Waals surface area contributed by atoms with Gasteiger partial charge in [-0.15, -0.1) is 0 Å². The first-order chi connectivity index (χ1) is 14.0. The average Bonchev–Trinajstić information content (AvgIpc) is 2.76. The Kier molecular flexibility index (Phi) is 5.27. The molecule has 0 spiro atoms. The maximum atomic E-state index is 2.61. The molecular formula is C28H36N+. The fourth-order valence-corrected chi connectivity index (χ4v) is 5.59. The van der Waals surface area contributed by atoms with Gasteiger partial charge in [-0.05, 0) is 54.8 Å². The van der Waals surface area contributed by atoms with Crippen LogP contribution in [0, 0.1) is 0 Å². The van der Waals surface area contributed by atoms with E-state index in [1.165, 1.54) is 58.8 Å². The van der Waals surface area contributed by atoms with Crippen LogP contribution >= 0.6 is 0 Å². The minimum Gasteiger partial charge on any atom is -0.192 e. The molecule has 2 atom stereocenters. The predicted molar refractivity (Wildman–Crippen MR) is 124 cm³/mol. The predicted octanol–water partition coefficient (Wildman–Crippen LogP) is 7.33. The number of rotatable bonds is 6. The number of nitrogens with zero attached hydrogens (tertiary/aromatic N) is 1. The van der Waals surface area contributed by atoms with Gasteiger partial charge < -0.3 is 0 Å². The first-order valence-corrected chi connectivity index (χ1v) is 11.6. The number of hydrogen-bond donors (Lipinski definition) is 0. The summed E-state index contributed by atoms with van der Waals surface area (Å²) in [4.78, 5) is 0. The molecule has 0 N–H and O–H groups in total. The number of fused-ring (bicyclic) bond motifs is 5. The van der Waals surface area contributed by atoms with E-state index in [2.05, 4.69) is 93.9 Å². The Bertz CT molecular complexity index is 1030. The van der Waals surface area contributed by atoms with Gasteiger partial charge in [-0.1, -0.05) is 63.9 Å². The summed E-state index contributed by atoms with van der Waals surface area (Å²) in [7, 11) is 0. The molecule has 2 aromatic carbocycles. The van der Waals surface area contributed by atoms with E-state index in [0.29, 0.717) is 0 Å². The van der Waals surface area contributed by atoms with Gasteiger partial charge in [-0.2, -0.15) is 4.57 Å². The molecule has 0 amide bonds. The Morgan fingerprint density at radius 2 is 1.66 bits per heavy atom. The molecule has 1 aromatic heterocycles. The van der Waals surface area contributed by atoms with Crippen LogP contribution in [0.1, 0.15) is 77.8 Å². The second kappa shape index (κ2) is 7.59. The van der Waals surface area contributed by atoms with Gasteiger partial charge in [0.1, 0.15) is 0 Å². The van der Waals surface area contributed by atoms with Crippen molar-refractivity contribution >= 4 is 10.8 Å². The summed E-state index contributed by atoms with van der Waals surface area (Å²) in [6.07, 6.45) is 9.65. The van der Waals surface area contributed by atoms with E-state index in [-0.39, 0.29) is 11.0 Å². The van der Waals surface area contributed by atoms with Crippen LogP contribution in [0.3, 0.4) is 0 Å². The summed E-state index contributed by atoms with van der Waals surface area (Å²) < 4.78 is 2.61. The summed E-state index contributed by atoms with van der Waals surface area (Å²) in [5.74, 6) is 0. The molecule has 0 aliphatic carbocycles. The van der Waals surface area contributed by atoms with E-state index in [0.717, 1.165) is 12.8 Å². The van der Waals surface area contributed by atoms with Crippen LogP contribution in [0.2, 0.25) is 0 Å². The normalized spacial score (nSPS) is 23.1. The lowest BCUT2D eigenvalue weighted by atomic mass is 9.60. The van der Waals surface area contributed by atoms with Crippen molar-refractivity contribution in [1.29, 1.82) is 0 Å². The summed E-state index contributed by atoms with van der Waals surface area (Å²) in [5, 5.41) is 2.71. The van der Waals surface area contributed by atoms with Gasteiger partial charge in [0.2, 0.25) is 5.69 Å². The van der Waals surface area contributed by atoms with Gasteiger partial charge in [0, 0.05) is 19.4 Å². The maximum Gasteiger partial charge on any atom is 0.221 e. The molecular weight excluding hydrogens is 350 g/mol. The third-order valence-corrected chi connectivity index (χ3v) is 7.98. The van der Waals surface area contributed by atoms with Crippen LogP contribution < -0.4 is 4.57 Å². The minimum atomic E-state index is 0.0534. The standard InChI is InChI=1S/C28H36N/c1-6-9-10-13-21-16-17-25-24(20-21)26-23-15-12-11-14-22(23)18-19-29(26)28(5,8-3)27(25,4)7-2/h11-12,14-20H,6-10,13H2,1-5H3/q+1. The Hall–Kier alpha value is -2.15. The van der Waals surface area contributed by atoms with E-state index in [1.54, 1.807) is 0 Å². The monoisotopic (exact) mass is 386 g/mol. The molecule has 1 nitrogen and oxygen atoms in total. The first-order valence-electron chi connectivity index (χ1n) is 11.6. The third-order valence-electron chi connectivity index (χ3n) is 7.98. The molecule has 2 unspecified atom stereocenters. The van der Waals surface area contributed by atoms with Crippen LogP contribution in [0.5, 0.6) is 0 Å². The molecule has 4 rings (SSSR count). The average molecular weight is 387 g/mol. The molecule has 0 radical (unpaired) electrons. The smallest absolute Gasteiger partial charge is 0.192 e. The Labute approximate surface area is 176 Å². The lowest BCUT2D eigenvalue weighted by Gasteiger charge is -2.46. The van der Waals surface area contributed by atoms with Crippen molar-refractivity contribution in [1.82, 2.24) is 0 Å². The fraction of sp³-hybridized carbons (Fsp3) is 0.464. The highest BCUT2D eigenvalue weighted by atomic mass is 15.1. The number of hydrogen-bond acceptors (Lipinski definition) is 0. The number of pyridine rings is 1. The molecule has 1 aliphatic heterocycles. The van der Waals surface area contributed by atoms with Gasteiger partial charge in [0.25, 0.3) is 0 Å². The van der Waals surface area contributed by atoms with Crippen LogP contribution in [0.25, 0.3) is 22.0 Å². The number of aryl methyl sites for hydroxylation is 1. The zero-order valence-electron chi connectivity index (χ0n) is 18.9. The van der Waals surface area contributed by atoms with Gasteiger partial charge in [0.05, 0.1) is 16.4 Å². The summed E-state index contributed by atoms with van der Waals surface area (Å²) in [5.41, 5.74) is 6.03. The maximum absolute atomic E-state index is 2.61. The van der Waals surface area contributed by atoms with E-state index >= 15 is 0 Å². The highest BCUT2D eigenvalue weighted by molar-refractivity contribution is 5.94. The number of benzene rings is 2. The van der Waals surface area contributed by atoms with Crippen molar-refractivity contribution < 1.29 is 4.57 Å². The topological polar surface area (TPSA) is 3.88 Å². The van der Waals surface area contributed by atoms with Crippen molar-refractivity contribution in [2.24, 2.45) is 0 Å². The lowest BCUT2D eigenvalue weighted by Crippen LogP contribution is -2.67. The van der Waals surface area contributed by atoms with Gasteiger partial charge in [-0.25, -0.2) is 0 Å². The zero-order chi connectivity index (χ0) is 20.6. The summed E-state index contributed by atoms with van der Waals surface area (Å²) in [6.45, 7) is 11.9. The molecule has 1 aliphatic rings. The summed E-state index contributed by atoms with van der Waals surface area (Å²) in [6, 6.07) is 18.6. The fourth-order valence-electron chi connectivity index (χ4n) is 5.59. The highest BCUT2D eigenvalue weighted by Crippen LogP contribution is 2.50. The molecule has 0 fully saturated rings. The Morgan fingerprint density at radius 1 is 0.862 bits per heavy atom. The molecule has 0 bridgehead atoms. The van der Waals surface area contributed by atoms with Gasteiger partial charge in [-0.3, -0.25) is 0 Å². The van der Waals surface area contributed by atoms with Crippen LogP contribution in [0.4, 0.5) is 0 Å². The van der Waals surface area contributed by atoms with Crippen molar-refractivity contribution in [2.75, 3.05) is 0 Å². The number of unbranched alkanes of at least 4 members (excludes halogenated alkanes) is 2. The number of aromatic nitrogens is 1. The van der Waals surface area contributed by atoms with Crippen molar-refractivity contribution in [2.45, 2.75) is 84.1 Å². The van der Waals surface area contributed by atoms with Crippen LogP contribution in [-0.2, 0) is 17.4 Å². The second-order valence-corrected chi connectivity index (χ2v) is 9.27. The SMILES string of the molecule is CCCCCc1ccc2c(c1)-c1c3ccccc3cc[n+]1C(C)(CC)C2(C)CC. The largest absolute Gasteiger partial charge is 0.221 e. The molecule has 29 heavy (non-hydrogen) atoms. The van der Waals surface area contributed by atoms with E-state index < -0.39 is 0 Å². The molecule has 2 heterocycles. The quantitative estimate of drug-likeness (QED) is 0.308. The molecule has 0 saturated carbocycles. The van der Waals surface area contributed by atoms with Gasteiger partial charge in [0.15, 0.2) is 11.7 Å². The van der Waals surface area contributed by atoms with E-state index in [1.807, 2.05) is 0 Å². The van der Waals surface area contributed by atoms with Crippen LogP contribution in [0.15, 0.2) is 54.7 Å². The first kappa shape index (κ1) is 20.1. The molecule has 3 aromatic rings. The van der Waals surface area contributed by atoms with Crippen LogP contribution in [-0.4, -0.2) is 0 Å². The Morgan fingerprint density at radius 3 is 2.38 bits per heavy atom. The summed E-state index contributed by atoms with van der Waals surface area (Å²) >= 11 is 0. The van der Waals surface area contributed by atoms with Gasteiger partial charge >= 0.3 is 0 Å². The van der Waals surface area contributed by atoms with Crippen molar-refractivity contribution in [3.63, 3.8) is 0 Å². The van der Waals surface area contributed by atoms with E-state index in [4.69, 9.17) is 0 Å².